The predicted octanol–water partition coefficient (Wildman–Crippen LogP) is 5.47. The van der Waals surface area contributed by atoms with Crippen LogP contribution in [0, 0.1) is 61.2 Å². The molecular formula is C34H30O8. The molecule has 0 saturated heterocycles. The quantitative estimate of drug-likeness (QED) is 0.174. The summed E-state index contributed by atoms with van der Waals surface area (Å²) < 4.78 is 12.3. The van der Waals surface area contributed by atoms with Crippen LogP contribution in [0.25, 0.3) is 21.5 Å². The lowest BCUT2D eigenvalue weighted by Gasteiger charge is -2.25. The maximum Gasteiger partial charge on any atom is 0.315 e. The van der Waals surface area contributed by atoms with E-state index in [1.807, 2.05) is 74.5 Å². The molecule has 0 amide bonds. The van der Waals surface area contributed by atoms with Gasteiger partial charge in [-0.1, -0.05) is 59.7 Å². The zero-order valence-electron chi connectivity index (χ0n) is 23.2. The molecule has 2 N–H and O–H groups in total. The second-order valence-electron chi connectivity index (χ2n) is 12.3. The second-order valence-corrected chi connectivity index (χ2v) is 12.3. The van der Waals surface area contributed by atoms with E-state index in [9.17, 15) is 29.4 Å². The Balaban J connectivity index is 1.34. The highest BCUT2D eigenvalue weighted by molar-refractivity contribution is 6.13. The first-order valence-corrected chi connectivity index (χ1v) is 14.3. The Labute approximate surface area is 241 Å². The molecule has 214 valence electrons. The summed E-state index contributed by atoms with van der Waals surface area (Å²) in [4.78, 5) is 51.6. The number of hydrogen-bond acceptors (Lipinski definition) is 6. The zero-order valence-corrected chi connectivity index (χ0v) is 23.2. The molecule has 4 bridgehead atoms. The molecule has 0 aliphatic heterocycles. The fourth-order valence-corrected chi connectivity index (χ4v) is 7.90. The molecule has 8 nitrogen and oxygen atoms in total. The maximum absolute atomic E-state index is 13.7. The summed E-state index contributed by atoms with van der Waals surface area (Å²) in [5, 5.41) is 22.0. The average Bonchev–Trinajstić information content (AvgIpc) is 3.75. The highest BCUT2D eigenvalue weighted by Crippen LogP contribution is 2.51. The average molecular weight is 567 g/mol. The number of ether oxygens (including phenoxy) is 2. The van der Waals surface area contributed by atoms with Crippen molar-refractivity contribution in [3.8, 4) is 11.5 Å². The van der Waals surface area contributed by atoms with Gasteiger partial charge in [0.2, 0.25) is 0 Å². The van der Waals surface area contributed by atoms with Gasteiger partial charge in [-0.25, -0.2) is 0 Å². The molecule has 0 spiro atoms. The van der Waals surface area contributed by atoms with Gasteiger partial charge in [0, 0.05) is 21.5 Å². The van der Waals surface area contributed by atoms with Crippen LogP contribution in [0.3, 0.4) is 0 Å². The van der Waals surface area contributed by atoms with Gasteiger partial charge in [-0.3, -0.25) is 19.2 Å². The molecule has 8 heteroatoms. The van der Waals surface area contributed by atoms with Crippen molar-refractivity contribution in [1.82, 2.24) is 0 Å². The molecule has 0 heterocycles. The summed E-state index contributed by atoms with van der Waals surface area (Å²) in [6.45, 7) is 3.80. The molecule has 0 radical (unpaired) electrons. The van der Waals surface area contributed by atoms with E-state index in [2.05, 4.69) is 0 Å². The number of benzene rings is 3. The normalized spacial score (nSPS) is 30.3. The van der Waals surface area contributed by atoms with Crippen molar-refractivity contribution >= 4 is 45.4 Å². The lowest BCUT2D eigenvalue weighted by atomic mass is 9.83. The first kappa shape index (κ1) is 26.4. The topological polar surface area (TPSA) is 127 Å². The molecule has 0 aromatic heterocycles. The Morgan fingerprint density at radius 1 is 0.571 bits per heavy atom. The molecule has 2 fully saturated rings. The van der Waals surface area contributed by atoms with E-state index in [1.54, 1.807) is 0 Å². The van der Waals surface area contributed by atoms with Gasteiger partial charge in [-0.2, -0.15) is 0 Å². The van der Waals surface area contributed by atoms with Crippen molar-refractivity contribution < 1.29 is 38.9 Å². The van der Waals surface area contributed by atoms with Gasteiger partial charge < -0.3 is 19.7 Å². The van der Waals surface area contributed by atoms with Crippen LogP contribution in [0.4, 0.5) is 0 Å². The molecule has 42 heavy (non-hydrogen) atoms. The number of carboxylic acid groups (broad SMARTS) is 2. The number of esters is 2. The monoisotopic (exact) mass is 566 g/mol. The molecular weight excluding hydrogens is 536 g/mol. The van der Waals surface area contributed by atoms with Crippen molar-refractivity contribution in [3.05, 3.63) is 71.8 Å². The lowest BCUT2D eigenvalue weighted by molar-refractivity contribution is -0.152. The van der Waals surface area contributed by atoms with Crippen molar-refractivity contribution in [3.63, 3.8) is 0 Å². The van der Waals surface area contributed by atoms with Crippen LogP contribution < -0.4 is 9.47 Å². The highest BCUT2D eigenvalue weighted by atomic mass is 16.5. The fraction of sp³-hybridized carbons (Fsp3) is 0.353. The van der Waals surface area contributed by atoms with E-state index in [1.165, 1.54) is 0 Å². The maximum atomic E-state index is 13.7. The van der Waals surface area contributed by atoms with Gasteiger partial charge in [-0.15, -0.1) is 0 Å². The Kier molecular flexibility index (Phi) is 6.01. The number of aliphatic carboxylic acids is 2. The van der Waals surface area contributed by atoms with Crippen LogP contribution in [0.5, 0.6) is 11.5 Å². The van der Waals surface area contributed by atoms with Gasteiger partial charge in [0.1, 0.15) is 11.5 Å². The number of fused-ring (bicyclic) bond motifs is 6. The van der Waals surface area contributed by atoms with Crippen LogP contribution in [-0.2, 0) is 19.2 Å². The van der Waals surface area contributed by atoms with Gasteiger partial charge in [0.05, 0.1) is 23.7 Å². The van der Waals surface area contributed by atoms with E-state index < -0.39 is 47.5 Å². The third kappa shape index (κ3) is 3.95. The SMILES string of the molecule is Cc1ccc2c(OC(=O)C3C4C=CC(C4)C3C(=O)O)c3cc(C)ccc3c(OC(=O)C3C4C=CC(C4)C3C(=O)O)c2c1. The molecule has 2 saturated carbocycles. The van der Waals surface area contributed by atoms with Crippen molar-refractivity contribution in [2.24, 2.45) is 47.3 Å². The van der Waals surface area contributed by atoms with Crippen LogP contribution >= 0.6 is 0 Å². The molecule has 4 aliphatic rings. The van der Waals surface area contributed by atoms with Crippen molar-refractivity contribution in [2.75, 3.05) is 0 Å². The Morgan fingerprint density at radius 2 is 0.929 bits per heavy atom. The number of carboxylic acids is 2. The number of hydrogen-bond donors (Lipinski definition) is 2. The second kappa shape index (κ2) is 9.54. The van der Waals surface area contributed by atoms with Gasteiger partial charge in [-0.05, 0) is 62.5 Å². The summed E-state index contributed by atoms with van der Waals surface area (Å²) in [6.07, 6.45) is 8.82. The molecule has 8 unspecified atom stereocenters. The summed E-state index contributed by atoms with van der Waals surface area (Å²) in [5.41, 5.74) is 1.78. The fourth-order valence-electron chi connectivity index (χ4n) is 7.90. The number of rotatable bonds is 6. The first-order valence-electron chi connectivity index (χ1n) is 14.3. The standard InChI is InChI=1S/C34H30O8/c1-15-3-9-21-23(11-15)29(41-33(39)27-19-7-5-17(13-19)25(27)31(35)36)22-10-4-16(2)12-24(22)30(21)42-34(40)28-20-8-6-18(14-20)26(28)32(37)38/h3-12,17-20,25-28H,13-14H2,1-2H3,(H,35,36)(H,37,38). The Bertz CT molecular complexity index is 1640. The molecule has 7 rings (SSSR count). The highest BCUT2D eigenvalue weighted by Gasteiger charge is 2.54. The van der Waals surface area contributed by atoms with Crippen LogP contribution in [0.1, 0.15) is 24.0 Å². The van der Waals surface area contributed by atoms with Gasteiger partial charge in [0.15, 0.2) is 0 Å². The number of carbonyl (C=O) groups is 4. The first-order chi connectivity index (χ1) is 20.1. The third-order valence-electron chi connectivity index (χ3n) is 9.77. The third-order valence-corrected chi connectivity index (χ3v) is 9.77. The van der Waals surface area contributed by atoms with Gasteiger partial charge in [0.25, 0.3) is 0 Å². The van der Waals surface area contributed by atoms with Crippen LogP contribution in [-0.4, -0.2) is 34.1 Å². The van der Waals surface area contributed by atoms with E-state index in [0.29, 0.717) is 34.4 Å². The minimum Gasteiger partial charge on any atom is -0.481 e. The molecule has 3 aromatic carbocycles. The Morgan fingerprint density at radius 3 is 1.29 bits per heavy atom. The minimum atomic E-state index is -1.01. The van der Waals surface area contributed by atoms with E-state index in [0.717, 1.165) is 11.1 Å². The van der Waals surface area contributed by atoms with Gasteiger partial charge >= 0.3 is 23.9 Å². The largest absolute Gasteiger partial charge is 0.481 e. The van der Waals surface area contributed by atoms with E-state index in [-0.39, 0.29) is 35.2 Å². The van der Waals surface area contributed by atoms with Crippen LogP contribution in [0.15, 0.2) is 60.7 Å². The smallest absolute Gasteiger partial charge is 0.315 e. The molecule has 3 aromatic rings. The predicted molar refractivity (Wildman–Crippen MR) is 153 cm³/mol. The lowest BCUT2D eigenvalue weighted by Crippen LogP contribution is -2.35. The van der Waals surface area contributed by atoms with Crippen molar-refractivity contribution in [2.45, 2.75) is 26.7 Å². The number of allylic oxidation sites excluding steroid dienone is 4. The summed E-state index contributed by atoms with van der Waals surface area (Å²) >= 11 is 0. The van der Waals surface area contributed by atoms with E-state index in [4.69, 9.17) is 9.47 Å². The summed E-state index contributed by atoms with van der Waals surface area (Å²) in [6, 6.07) is 11.1. The molecule has 8 atom stereocenters. The summed E-state index contributed by atoms with van der Waals surface area (Å²) in [7, 11) is 0. The minimum absolute atomic E-state index is 0.191. The number of carbonyl (C=O) groups excluding carboxylic acids is 2. The summed E-state index contributed by atoms with van der Waals surface area (Å²) in [5.74, 6) is -6.67. The zero-order chi connectivity index (χ0) is 29.4. The van der Waals surface area contributed by atoms with E-state index >= 15 is 0 Å². The number of aryl methyl sites for hydroxylation is 2. The molecule has 4 aliphatic carbocycles. The van der Waals surface area contributed by atoms with Crippen LogP contribution in [0.2, 0.25) is 0 Å². The van der Waals surface area contributed by atoms with Crippen molar-refractivity contribution in [1.29, 1.82) is 0 Å². The Hall–Kier alpha value is -4.46.